The average Bonchev–Trinajstić information content (AvgIpc) is 3.07. The maximum Gasteiger partial charge on any atom is 0.303 e. The van der Waals surface area contributed by atoms with Crippen LogP contribution >= 0.6 is 0 Å². The number of fused-ring (bicyclic) bond motifs is 1. The van der Waals surface area contributed by atoms with E-state index in [2.05, 4.69) is 11.1 Å². The molecule has 0 aliphatic carbocycles. The monoisotopic (exact) mass is 465 g/mol. The Labute approximate surface area is 197 Å². The number of ketones is 1. The van der Waals surface area contributed by atoms with Gasteiger partial charge in [-0.3, -0.25) is 9.59 Å². The zero-order valence-corrected chi connectivity index (χ0v) is 19.4. The molecule has 0 amide bonds. The third-order valence-electron chi connectivity index (χ3n) is 5.75. The number of nitrogens with zero attached hydrogens (tertiary/aromatic N) is 3. The SMILES string of the molecule is C[C@H](CC(=O)O)CC(=O)c1c(CCCCOCc2ccc(F)cc2)n(C)c2ncc(C#N)cc12. The molecule has 1 aromatic carbocycles. The van der Waals surface area contributed by atoms with Crippen molar-refractivity contribution in [3.8, 4) is 6.07 Å². The second kappa shape index (κ2) is 11.5. The smallest absolute Gasteiger partial charge is 0.303 e. The van der Waals surface area contributed by atoms with Crippen LogP contribution in [0.5, 0.6) is 0 Å². The van der Waals surface area contributed by atoms with Crippen LogP contribution in [0.2, 0.25) is 0 Å². The first kappa shape index (κ1) is 25.1. The number of ether oxygens (including phenoxy) is 1. The molecule has 0 radical (unpaired) electrons. The maximum atomic E-state index is 13.2. The molecular weight excluding hydrogens is 437 g/mol. The fourth-order valence-electron chi connectivity index (χ4n) is 4.08. The summed E-state index contributed by atoms with van der Waals surface area (Å²) in [7, 11) is 1.85. The number of unbranched alkanes of at least 4 members (excludes halogenated alkanes) is 1. The largest absolute Gasteiger partial charge is 0.481 e. The Morgan fingerprint density at radius 2 is 1.97 bits per heavy atom. The van der Waals surface area contributed by atoms with Crippen LogP contribution in [0.4, 0.5) is 4.39 Å². The van der Waals surface area contributed by atoms with Crippen molar-refractivity contribution in [1.29, 1.82) is 5.26 Å². The lowest BCUT2D eigenvalue weighted by Gasteiger charge is -2.11. The summed E-state index contributed by atoms with van der Waals surface area (Å²) < 4.78 is 20.6. The van der Waals surface area contributed by atoms with E-state index >= 15 is 0 Å². The van der Waals surface area contributed by atoms with Crippen LogP contribution < -0.4 is 0 Å². The molecule has 0 bridgehead atoms. The van der Waals surface area contributed by atoms with E-state index in [-0.39, 0.29) is 30.4 Å². The normalized spacial score (nSPS) is 11.9. The Balaban J connectivity index is 1.71. The van der Waals surface area contributed by atoms with Crippen molar-refractivity contribution in [2.45, 2.75) is 45.6 Å². The Bertz CT molecular complexity index is 1210. The highest BCUT2D eigenvalue weighted by molar-refractivity contribution is 6.09. The quantitative estimate of drug-likeness (QED) is 0.304. The molecule has 0 fully saturated rings. The number of carboxylic acids is 1. The van der Waals surface area contributed by atoms with Gasteiger partial charge in [-0.05, 0) is 48.9 Å². The van der Waals surface area contributed by atoms with Crippen molar-refractivity contribution in [1.82, 2.24) is 9.55 Å². The molecule has 178 valence electrons. The van der Waals surface area contributed by atoms with E-state index in [0.717, 1.165) is 24.1 Å². The molecule has 0 unspecified atom stereocenters. The molecule has 34 heavy (non-hydrogen) atoms. The zero-order valence-electron chi connectivity index (χ0n) is 19.4. The fourth-order valence-corrected chi connectivity index (χ4v) is 4.08. The van der Waals surface area contributed by atoms with Crippen LogP contribution in [-0.4, -0.2) is 33.0 Å². The number of carbonyl (C=O) groups is 2. The second-order valence-electron chi connectivity index (χ2n) is 8.55. The van der Waals surface area contributed by atoms with Gasteiger partial charge < -0.3 is 14.4 Å². The van der Waals surface area contributed by atoms with Gasteiger partial charge in [-0.25, -0.2) is 9.37 Å². The summed E-state index contributed by atoms with van der Waals surface area (Å²) in [6.45, 7) is 2.67. The number of aromatic nitrogens is 2. The number of carbonyl (C=O) groups excluding carboxylic acids is 1. The van der Waals surface area contributed by atoms with Crippen molar-refractivity contribution in [3.05, 3.63) is 64.7 Å². The molecule has 0 saturated carbocycles. The molecule has 2 heterocycles. The predicted octanol–water partition coefficient (Wildman–Crippen LogP) is 4.81. The summed E-state index contributed by atoms with van der Waals surface area (Å²) in [5.41, 5.74) is 3.23. The number of nitriles is 1. The fraction of sp³-hybridized carbons (Fsp3) is 0.385. The number of rotatable bonds is 12. The van der Waals surface area contributed by atoms with E-state index < -0.39 is 5.97 Å². The predicted molar refractivity (Wildman–Crippen MR) is 125 cm³/mol. The lowest BCUT2D eigenvalue weighted by atomic mass is 9.94. The molecule has 0 aliphatic heterocycles. The van der Waals surface area contributed by atoms with Crippen LogP contribution in [0.3, 0.4) is 0 Å². The van der Waals surface area contributed by atoms with Crippen LogP contribution in [-0.2, 0) is 29.6 Å². The number of halogens is 1. The van der Waals surface area contributed by atoms with Gasteiger partial charge in [-0.15, -0.1) is 0 Å². The number of carboxylic acid groups (broad SMARTS) is 1. The van der Waals surface area contributed by atoms with Gasteiger partial charge in [0.05, 0.1) is 12.2 Å². The van der Waals surface area contributed by atoms with Crippen LogP contribution in [0.1, 0.15) is 59.8 Å². The van der Waals surface area contributed by atoms with Gasteiger partial charge in [0.15, 0.2) is 5.78 Å². The van der Waals surface area contributed by atoms with Crippen LogP contribution in [0.25, 0.3) is 11.0 Å². The van der Waals surface area contributed by atoms with Gasteiger partial charge in [0.25, 0.3) is 0 Å². The van der Waals surface area contributed by atoms with Crippen molar-refractivity contribution in [3.63, 3.8) is 0 Å². The lowest BCUT2D eigenvalue weighted by Crippen LogP contribution is -2.12. The number of aryl methyl sites for hydroxylation is 1. The van der Waals surface area contributed by atoms with Crippen molar-refractivity contribution < 1.29 is 23.8 Å². The lowest BCUT2D eigenvalue weighted by molar-refractivity contribution is -0.137. The average molecular weight is 466 g/mol. The van der Waals surface area contributed by atoms with Crippen molar-refractivity contribution >= 4 is 22.8 Å². The van der Waals surface area contributed by atoms with E-state index in [1.165, 1.54) is 18.3 Å². The standard InChI is InChI=1S/C26H28FN3O4/c1-17(12-24(32)33)11-23(31)25-21-13-19(14-28)15-29-26(21)30(2)22(25)5-3-4-10-34-16-18-6-8-20(27)9-7-18/h6-9,13,15,17H,3-5,10-12,16H2,1-2H3,(H,32,33)/t17-/m0/s1. The highest BCUT2D eigenvalue weighted by Gasteiger charge is 2.24. The molecule has 3 rings (SSSR count). The molecular formula is C26H28FN3O4. The molecule has 0 spiro atoms. The first-order valence-electron chi connectivity index (χ1n) is 11.2. The van der Waals surface area contributed by atoms with E-state index in [1.807, 2.05) is 11.6 Å². The third kappa shape index (κ3) is 6.27. The molecule has 0 aliphatic rings. The molecule has 2 aromatic heterocycles. The Morgan fingerprint density at radius 3 is 2.65 bits per heavy atom. The summed E-state index contributed by atoms with van der Waals surface area (Å²) in [5.74, 6) is -1.66. The van der Waals surface area contributed by atoms with Gasteiger partial charge >= 0.3 is 5.97 Å². The van der Waals surface area contributed by atoms with Crippen molar-refractivity contribution in [2.75, 3.05) is 6.61 Å². The van der Waals surface area contributed by atoms with Gasteiger partial charge in [0.2, 0.25) is 0 Å². The van der Waals surface area contributed by atoms with Gasteiger partial charge in [0, 0.05) is 49.3 Å². The highest BCUT2D eigenvalue weighted by atomic mass is 19.1. The van der Waals surface area contributed by atoms with E-state index in [9.17, 15) is 19.2 Å². The number of hydrogen-bond donors (Lipinski definition) is 1. The Morgan fingerprint density at radius 1 is 1.24 bits per heavy atom. The number of Topliss-reactive ketones (excluding diaryl/α,β-unsaturated/α-hetero) is 1. The Kier molecular flexibility index (Phi) is 8.50. The van der Waals surface area contributed by atoms with Gasteiger partial charge in [-0.2, -0.15) is 5.26 Å². The minimum atomic E-state index is -0.937. The summed E-state index contributed by atoms with van der Waals surface area (Å²) in [4.78, 5) is 28.7. The van der Waals surface area contributed by atoms with E-state index in [4.69, 9.17) is 9.84 Å². The number of aliphatic carboxylic acids is 1. The van der Waals surface area contributed by atoms with Crippen LogP contribution in [0.15, 0.2) is 36.5 Å². The zero-order chi connectivity index (χ0) is 24.7. The molecule has 1 N–H and O–H groups in total. The molecule has 7 nitrogen and oxygen atoms in total. The molecule has 8 heteroatoms. The number of hydrogen-bond acceptors (Lipinski definition) is 5. The Hall–Kier alpha value is -3.57. The topological polar surface area (TPSA) is 105 Å². The third-order valence-corrected chi connectivity index (χ3v) is 5.75. The maximum absolute atomic E-state index is 13.2. The van der Waals surface area contributed by atoms with Crippen LogP contribution in [0, 0.1) is 23.1 Å². The number of pyridine rings is 1. The first-order valence-corrected chi connectivity index (χ1v) is 11.2. The minimum absolute atomic E-state index is 0.0844. The van der Waals surface area contributed by atoms with E-state index in [0.29, 0.717) is 41.8 Å². The summed E-state index contributed by atoms with van der Waals surface area (Å²) in [6, 6.07) is 9.93. The summed E-state index contributed by atoms with van der Waals surface area (Å²) >= 11 is 0. The second-order valence-corrected chi connectivity index (χ2v) is 8.55. The number of benzene rings is 1. The minimum Gasteiger partial charge on any atom is -0.481 e. The highest BCUT2D eigenvalue weighted by Crippen LogP contribution is 2.29. The molecule has 0 saturated heterocycles. The first-order chi connectivity index (χ1) is 16.3. The van der Waals surface area contributed by atoms with Gasteiger partial charge in [0.1, 0.15) is 17.5 Å². The van der Waals surface area contributed by atoms with E-state index in [1.54, 1.807) is 25.1 Å². The van der Waals surface area contributed by atoms with Crippen molar-refractivity contribution in [2.24, 2.45) is 13.0 Å². The molecule has 3 aromatic rings. The summed E-state index contributed by atoms with van der Waals surface area (Å²) in [5, 5.41) is 19.0. The summed E-state index contributed by atoms with van der Waals surface area (Å²) in [6.07, 6.45) is 3.65. The molecule has 1 atom stereocenters. The van der Waals surface area contributed by atoms with Gasteiger partial charge in [-0.1, -0.05) is 19.1 Å².